The number of nitrogens with one attached hydrogen (secondary N) is 2. The van der Waals surface area contributed by atoms with Crippen molar-refractivity contribution in [2.24, 2.45) is 5.92 Å². The van der Waals surface area contributed by atoms with Crippen LogP contribution in [0.15, 0.2) is 24.4 Å². The van der Waals surface area contributed by atoms with Crippen molar-refractivity contribution >= 4 is 16.8 Å². The molecule has 1 aromatic heterocycles. The summed E-state index contributed by atoms with van der Waals surface area (Å²) in [6.07, 6.45) is 4.94. The fraction of sp³-hybridized carbons (Fsp3) is 0.526. The maximum absolute atomic E-state index is 12.4. The molecule has 2 atom stereocenters. The number of aromatic amines is 1. The largest absolute Gasteiger partial charge is 0.493 e. The van der Waals surface area contributed by atoms with E-state index in [4.69, 9.17) is 4.74 Å². The van der Waals surface area contributed by atoms with E-state index in [0.29, 0.717) is 13.2 Å². The number of rotatable bonds is 6. The maximum atomic E-state index is 12.4. The first-order valence-electron chi connectivity index (χ1n) is 8.74. The minimum atomic E-state index is -0.758. The number of amides is 1. The molecule has 0 spiro atoms. The van der Waals surface area contributed by atoms with E-state index in [1.54, 1.807) is 0 Å². The molecule has 0 aliphatic heterocycles. The molecule has 0 saturated heterocycles. The van der Waals surface area contributed by atoms with Crippen molar-refractivity contribution in [1.82, 2.24) is 10.3 Å². The Morgan fingerprint density at radius 3 is 3.04 bits per heavy atom. The normalized spacial score (nSPS) is 23.5. The lowest BCUT2D eigenvalue weighted by Crippen LogP contribution is -2.45. The molecule has 3 N–H and O–H groups in total. The summed E-state index contributed by atoms with van der Waals surface area (Å²) in [6.45, 7) is 4.91. The molecule has 0 radical (unpaired) electrons. The van der Waals surface area contributed by atoms with E-state index in [0.717, 1.165) is 41.5 Å². The summed E-state index contributed by atoms with van der Waals surface area (Å²) >= 11 is 0. The van der Waals surface area contributed by atoms with Crippen molar-refractivity contribution in [1.29, 1.82) is 0 Å². The first-order valence-corrected chi connectivity index (χ1v) is 8.74. The van der Waals surface area contributed by atoms with Gasteiger partial charge in [0.15, 0.2) is 0 Å². The molecular formula is C19H26N2O3. The van der Waals surface area contributed by atoms with Gasteiger partial charge in [0.05, 0.1) is 18.6 Å². The van der Waals surface area contributed by atoms with Crippen molar-refractivity contribution in [3.8, 4) is 5.75 Å². The summed E-state index contributed by atoms with van der Waals surface area (Å²) in [5, 5.41) is 14.4. The molecule has 0 bridgehead atoms. The Morgan fingerprint density at radius 2 is 2.33 bits per heavy atom. The van der Waals surface area contributed by atoms with Crippen molar-refractivity contribution in [2.75, 3.05) is 13.2 Å². The number of hydrogen-bond donors (Lipinski definition) is 3. The lowest BCUT2D eigenvalue weighted by molar-refractivity contribution is -0.122. The van der Waals surface area contributed by atoms with Crippen LogP contribution in [0.2, 0.25) is 0 Å². The lowest BCUT2D eigenvalue weighted by Gasteiger charge is -2.27. The topological polar surface area (TPSA) is 74.4 Å². The highest BCUT2D eigenvalue weighted by atomic mass is 16.5. The van der Waals surface area contributed by atoms with Crippen LogP contribution in [-0.2, 0) is 11.2 Å². The third-order valence-electron chi connectivity index (χ3n) is 5.16. The van der Waals surface area contributed by atoms with Gasteiger partial charge >= 0.3 is 0 Å². The van der Waals surface area contributed by atoms with Crippen LogP contribution in [-0.4, -0.2) is 34.8 Å². The number of aliphatic hydroxyl groups is 1. The number of carbonyl (C=O) groups is 1. The van der Waals surface area contributed by atoms with Gasteiger partial charge in [0.1, 0.15) is 5.75 Å². The van der Waals surface area contributed by atoms with E-state index in [2.05, 4.69) is 10.3 Å². The summed E-state index contributed by atoms with van der Waals surface area (Å²) in [4.78, 5) is 15.5. The van der Waals surface area contributed by atoms with Crippen LogP contribution in [0.4, 0.5) is 0 Å². The van der Waals surface area contributed by atoms with Crippen LogP contribution in [0.1, 0.15) is 38.7 Å². The average Bonchev–Trinajstić information content (AvgIpc) is 3.11. The van der Waals surface area contributed by atoms with Gasteiger partial charge in [-0.3, -0.25) is 4.79 Å². The highest BCUT2D eigenvalue weighted by Crippen LogP contribution is 2.34. The van der Waals surface area contributed by atoms with E-state index < -0.39 is 5.60 Å². The molecule has 1 saturated carbocycles. The van der Waals surface area contributed by atoms with Crippen LogP contribution in [0.25, 0.3) is 10.9 Å². The maximum Gasteiger partial charge on any atom is 0.224 e. The van der Waals surface area contributed by atoms with Crippen molar-refractivity contribution in [2.45, 2.75) is 45.1 Å². The van der Waals surface area contributed by atoms with Gasteiger partial charge in [-0.2, -0.15) is 0 Å². The van der Waals surface area contributed by atoms with Gasteiger partial charge in [-0.25, -0.2) is 0 Å². The standard InChI is InChI=1S/C19H26N2O3/c1-3-24-16-8-4-7-15-18(16)14(11-20-15)10-17(22)21-12-19(23)9-5-6-13(19)2/h4,7-8,11,13,20,23H,3,5-6,9-10,12H2,1-2H3,(H,21,22)/t13-,19-/m0/s1. The zero-order chi connectivity index (χ0) is 17.2. The van der Waals surface area contributed by atoms with Gasteiger partial charge in [0, 0.05) is 23.6 Å². The molecule has 130 valence electrons. The number of carbonyl (C=O) groups excluding carboxylic acids is 1. The number of aromatic nitrogens is 1. The molecule has 24 heavy (non-hydrogen) atoms. The van der Waals surface area contributed by atoms with Crippen LogP contribution >= 0.6 is 0 Å². The van der Waals surface area contributed by atoms with Gasteiger partial charge in [0.2, 0.25) is 5.91 Å². The Hall–Kier alpha value is -2.01. The Balaban J connectivity index is 1.69. The number of hydrogen-bond acceptors (Lipinski definition) is 3. The van der Waals surface area contributed by atoms with Gasteiger partial charge in [-0.05, 0) is 43.4 Å². The SMILES string of the molecule is CCOc1cccc2[nH]cc(CC(=O)NC[C@@]3(O)CCC[C@@H]3C)c12. The molecule has 3 rings (SSSR count). The van der Waals surface area contributed by atoms with E-state index in [1.807, 2.05) is 38.2 Å². The van der Waals surface area contributed by atoms with Crippen molar-refractivity contribution in [3.05, 3.63) is 30.0 Å². The number of ether oxygens (including phenoxy) is 1. The fourth-order valence-electron chi connectivity index (χ4n) is 3.61. The zero-order valence-electron chi connectivity index (χ0n) is 14.4. The highest BCUT2D eigenvalue weighted by molar-refractivity contribution is 5.93. The third-order valence-corrected chi connectivity index (χ3v) is 5.16. The second-order valence-electron chi connectivity index (χ2n) is 6.78. The number of benzene rings is 1. The number of H-pyrrole nitrogens is 1. The molecule has 1 heterocycles. The summed E-state index contributed by atoms with van der Waals surface area (Å²) in [5.74, 6) is 0.951. The molecule has 1 aliphatic rings. The van der Waals surface area contributed by atoms with Crippen molar-refractivity contribution < 1.29 is 14.6 Å². The second kappa shape index (κ2) is 6.85. The smallest absolute Gasteiger partial charge is 0.224 e. The minimum Gasteiger partial charge on any atom is -0.493 e. The molecule has 1 aromatic carbocycles. The summed E-state index contributed by atoms with van der Waals surface area (Å²) < 4.78 is 5.68. The molecule has 5 heteroatoms. The first kappa shape index (κ1) is 16.8. The van der Waals surface area contributed by atoms with Gasteiger partial charge in [0.25, 0.3) is 0 Å². The summed E-state index contributed by atoms with van der Waals surface area (Å²) in [7, 11) is 0. The Morgan fingerprint density at radius 1 is 1.50 bits per heavy atom. The quantitative estimate of drug-likeness (QED) is 0.762. The highest BCUT2D eigenvalue weighted by Gasteiger charge is 2.38. The third kappa shape index (κ3) is 3.26. The van der Waals surface area contributed by atoms with Crippen molar-refractivity contribution in [3.63, 3.8) is 0 Å². The molecule has 1 fully saturated rings. The zero-order valence-corrected chi connectivity index (χ0v) is 14.4. The van der Waals surface area contributed by atoms with E-state index in [1.165, 1.54) is 0 Å². The molecule has 1 aliphatic carbocycles. The predicted molar refractivity (Wildman–Crippen MR) is 94.1 cm³/mol. The van der Waals surface area contributed by atoms with Crippen LogP contribution in [0.3, 0.4) is 0 Å². The van der Waals surface area contributed by atoms with Gasteiger partial charge < -0.3 is 20.1 Å². The Kier molecular flexibility index (Phi) is 4.81. The van der Waals surface area contributed by atoms with Crippen LogP contribution < -0.4 is 10.1 Å². The summed E-state index contributed by atoms with van der Waals surface area (Å²) in [6, 6.07) is 5.83. The minimum absolute atomic E-state index is 0.0743. The monoisotopic (exact) mass is 330 g/mol. The number of fused-ring (bicyclic) bond motifs is 1. The molecule has 2 aromatic rings. The molecule has 5 nitrogen and oxygen atoms in total. The predicted octanol–water partition coefficient (Wildman–Crippen LogP) is 2.78. The van der Waals surface area contributed by atoms with Gasteiger partial charge in [-0.1, -0.05) is 19.4 Å². The van der Waals surface area contributed by atoms with E-state index >= 15 is 0 Å². The van der Waals surface area contributed by atoms with Crippen LogP contribution in [0, 0.1) is 5.92 Å². The Bertz CT molecular complexity index is 724. The van der Waals surface area contributed by atoms with E-state index in [-0.39, 0.29) is 18.2 Å². The van der Waals surface area contributed by atoms with E-state index in [9.17, 15) is 9.90 Å². The van der Waals surface area contributed by atoms with Gasteiger partial charge in [-0.15, -0.1) is 0 Å². The molecule has 1 amide bonds. The molecular weight excluding hydrogens is 304 g/mol. The Labute approximate surface area is 142 Å². The average molecular weight is 330 g/mol. The first-order chi connectivity index (χ1) is 11.5. The van der Waals surface area contributed by atoms with Crippen LogP contribution in [0.5, 0.6) is 5.75 Å². The molecule has 0 unspecified atom stereocenters. The fourth-order valence-corrected chi connectivity index (χ4v) is 3.61. The lowest BCUT2D eigenvalue weighted by atomic mass is 9.92. The summed E-state index contributed by atoms with van der Waals surface area (Å²) in [5.41, 5.74) is 1.12. The second-order valence-corrected chi connectivity index (χ2v) is 6.78.